The zero-order chi connectivity index (χ0) is 20.5. The van der Waals surface area contributed by atoms with Crippen LogP contribution in [0.4, 0.5) is 0 Å². The van der Waals surface area contributed by atoms with E-state index in [4.69, 9.17) is 31.0 Å². The molecule has 0 saturated heterocycles. The molecule has 0 spiro atoms. The van der Waals surface area contributed by atoms with Gasteiger partial charge in [-0.25, -0.2) is 0 Å². The molecule has 0 atom stereocenters. The van der Waals surface area contributed by atoms with Crippen molar-refractivity contribution in [1.29, 1.82) is 0 Å². The summed E-state index contributed by atoms with van der Waals surface area (Å²) >= 11 is 0. The molecule has 0 aliphatic rings. The molecule has 0 amide bonds. The van der Waals surface area contributed by atoms with Crippen molar-refractivity contribution >= 4 is 38.3 Å². The molecule has 7 nitrogen and oxygen atoms in total. The maximum Gasteiger partial charge on any atom is 0.384 e. The van der Waals surface area contributed by atoms with E-state index >= 15 is 0 Å². The van der Waals surface area contributed by atoms with Gasteiger partial charge in [0, 0.05) is 42.7 Å². The maximum atomic E-state index is 5.88. The quantitative estimate of drug-likeness (QED) is 0.279. The van der Waals surface area contributed by atoms with Crippen molar-refractivity contribution in [2.24, 2.45) is 0 Å². The molecule has 0 aliphatic heterocycles. The lowest BCUT2D eigenvalue weighted by molar-refractivity contribution is 0.0468. The van der Waals surface area contributed by atoms with Crippen molar-refractivity contribution < 1.29 is 31.0 Å². The summed E-state index contributed by atoms with van der Waals surface area (Å²) in [5.74, 6) is 0. The fraction of sp³-hybridized carbons (Fsp3) is 1.00. The van der Waals surface area contributed by atoms with Crippen molar-refractivity contribution in [2.45, 2.75) is 62.3 Å². The van der Waals surface area contributed by atoms with E-state index in [1.807, 2.05) is 0 Å². The molecule has 6 radical (unpaired) electrons. The fourth-order valence-electron chi connectivity index (χ4n) is 3.06. The second-order valence-corrected chi connectivity index (χ2v) is 12.6. The van der Waals surface area contributed by atoms with E-state index < -0.39 is 27.9 Å². The molecule has 158 valence electrons. The van der Waals surface area contributed by atoms with Gasteiger partial charge >= 0.3 is 27.9 Å². The molecule has 0 fully saturated rings. The third kappa shape index (κ3) is 12.0. The van der Waals surface area contributed by atoms with Gasteiger partial charge in [-0.2, -0.15) is 0 Å². The second-order valence-electron chi connectivity index (χ2n) is 6.19. The molecule has 11 heteroatoms. The largest absolute Gasteiger partial charge is 0.413 e. The first kappa shape index (κ1) is 27.6. The van der Waals surface area contributed by atoms with Crippen LogP contribution in [0.3, 0.4) is 0 Å². The summed E-state index contributed by atoms with van der Waals surface area (Å²) in [5, 5.41) is 0. The minimum absolute atomic E-state index is 0.228. The zero-order valence-electron chi connectivity index (χ0n) is 17.7. The molecule has 0 rings (SSSR count). The fourth-order valence-corrected chi connectivity index (χ4v) is 6.48. The van der Waals surface area contributed by atoms with Gasteiger partial charge in [-0.15, -0.1) is 0 Å². The van der Waals surface area contributed by atoms with Crippen LogP contribution in [0.25, 0.3) is 0 Å². The standard InChI is InChI=1S/C16H36O7Si4/c1-17-25(18-2)13-7-10-16(23-24,11-8-14-26(19-3)20-4)12-9-15-27(21-5)22-6/h7-15H2,1-6H3. The van der Waals surface area contributed by atoms with Gasteiger partial charge in [0.05, 0.1) is 5.60 Å². The average molecular weight is 453 g/mol. The van der Waals surface area contributed by atoms with Gasteiger partial charge in [-0.3, -0.25) is 0 Å². The predicted molar refractivity (Wildman–Crippen MR) is 111 cm³/mol. The van der Waals surface area contributed by atoms with Gasteiger partial charge in [0.1, 0.15) is 0 Å². The van der Waals surface area contributed by atoms with Crippen molar-refractivity contribution in [3.8, 4) is 0 Å². The first-order valence-electron chi connectivity index (χ1n) is 9.20. The van der Waals surface area contributed by atoms with E-state index in [1.165, 1.54) is 0 Å². The third-order valence-electron chi connectivity index (χ3n) is 4.62. The highest BCUT2D eigenvalue weighted by Gasteiger charge is 2.30. The summed E-state index contributed by atoms with van der Waals surface area (Å²) in [6.45, 7) is 0. The van der Waals surface area contributed by atoms with Crippen LogP contribution in [0.1, 0.15) is 38.5 Å². The summed E-state index contributed by atoms with van der Waals surface area (Å²) in [4.78, 5) is 0. The Balaban J connectivity index is 4.74. The number of hydrogen-bond acceptors (Lipinski definition) is 7. The number of hydrogen-bond donors (Lipinski definition) is 0. The smallest absolute Gasteiger partial charge is 0.384 e. The normalized spacial score (nSPS) is 12.7. The van der Waals surface area contributed by atoms with E-state index in [0.717, 1.165) is 56.7 Å². The second kappa shape index (κ2) is 17.4. The van der Waals surface area contributed by atoms with Crippen LogP contribution in [0, 0.1) is 0 Å². The van der Waals surface area contributed by atoms with Crippen LogP contribution >= 0.6 is 0 Å². The van der Waals surface area contributed by atoms with Gasteiger partial charge < -0.3 is 31.0 Å². The Kier molecular flexibility index (Phi) is 17.8. The molecule has 0 saturated carbocycles. The van der Waals surface area contributed by atoms with E-state index in [1.54, 1.807) is 42.7 Å². The lowest BCUT2D eigenvalue weighted by Gasteiger charge is -2.34. The van der Waals surface area contributed by atoms with Crippen molar-refractivity contribution in [1.82, 2.24) is 0 Å². The summed E-state index contributed by atoms with van der Waals surface area (Å²) in [6.07, 6.45) is 5.84. The highest BCUT2D eigenvalue weighted by molar-refractivity contribution is 6.44. The zero-order valence-corrected chi connectivity index (χ0v) is 21.7. The Bertz CT molecular complexity index is 284. The van der Waals surface area contributed by atoms with E-state index in [-0.39, 0.29) is 5.60 Å². The molecular weight excluding hydrogens is 417 g/mol. The third-order valence-corrected chi connectivity index (χ3v) is 10.1. The molecule has 0 aromatic rings. The highest BCUT2D eigenvalue weighted by atomic mass is 28.3. The van der Waals surface area contributed by atoms with Crippen LogP contribution in [0.15, 0.2) is 0 Å². The first-order valence-corrected chi connectivity index (χ1v) is 14.2. The van der Waals surface area contributed by atoms with Gasteiger partial charge in [0.15, 0.2) is 0 Å². The lowest BCUT2D eigenvalue weighted by Crippen LogP contribution is -2.34. The first-order chi connectivity index (χ1) is 13.0. The summed E-state index contributed by atoms with van der Waals surface area (Å²) in [6, 6.07) is 2.81. The van der Waals surface area contributed by atoms with Gasteiger partial charge in [0.25, 0.3) is 0 Å². The SMILES string of the molecule is CO[Si](CCCC(CCC[Si](OC)OC)(CCC[Si](OC)OC)O[Si])OC. The monoisotopic (exact) mass is 452 g/mol. The molecule has 0 aromatic carbocycles. The number of rotatable bonds is 19. The molecule has 0 unspecified atom stereocenters. The van der Waals surface area contributed by atoms with Crippen molar-refractivity contribution in [3.05, 3.63) is 0 Å². The van der Waals surface area contributed by atoms with Crippen LogP contribution in [-0.4, -0.2) is 86.6 Å². The molecular formula is C16H36O7Si4. The Hall–Kier alpha value is 0.588. The molecule has 0 bridgehead atoms. The highest BCUT2D eigenvalue weighted by Crippen LogP contribution is 2.32. The Morgan fingerprint density at radius 1 is 0.556 bits per heavy atom. The molecule has 0 heterocycles. The Morgan fingerprint density at radius 3 is 1.00 bits per heavy atom. The predicted octanol–water partition coefficient (Wildman–Crippen LogP) is 2.51. The van der Waals surface area contributed by atoms with E-state index in [0.29, 0.717) is 0 Å². The van der Waals surface area contributed by atoms with Crippen LogP contribution in [-0.2, 0) is 31.0 Å². The Labute approximate surface area is 174 Å². The van der Waals surface area contributed by atoms with Gasteiger partial charge in [0.2, 0.25) is 10.5 Å². The van der Waals surface area contributed by atoms with Crippen LogP contribution in [0.5, 0.6) is 0 Å². The van der Waals surface area contributed by atoms with Gasteiger partial charge in [-0.1, -0.05) is 0 Å². The molecule has 27 heavy (non-hydrogen) atoms. The summed E-state index contributed by atoms with van der Waals surface area (Å²) < 4.78 is 38.3. The summed E-state index contributed by atoms with van der Waals surface area (Å²) in [5.41, 5.74) is -0.228. The average Bonchev–Trinajstić information content (AvgIpc) is 2.71. The van der Waals surface area contributed by atoms with Crippen molar-refractivity contribution in [2.75, 3.05) is 42.7 Å². The summed E-state index contributed by atoms with van der Waals surface area (Å²) in [7, 11) is 10.1. The van der Waals surface area contributed by atoms with Crippen LogP contribution < -0.4 is 0 Å². The van der Waals surface area contributed by atoms with Crippen LogP contribution in [0.2, 0.25) is 18.1 Å². The minimum atomic E-state index is -1.18. The van der Waals surface area contributed by atoms with Crippen molar-refractivity contribution in [3.63, 3.8) is 0 Å². The molecule has 0 N–H and O–H groups in total. The van der Waals surface area contributed by atoms with Gasteiger partial charge in [-0.05, 0) is 56.7 Å². The minimum Gasteiger partial charge on any atom is -0.413 e. The van der Waals surface area contributed by atoms with E-state index in [9.17, 15) is 0 Å². The lowest BCUT2D eigenvalue weighted by atomic mass is 9.88. The van der Waals surface area contributed by atoms with E-state index in [2.05, 4.69) is 10.5 Å². The molecule has 0 aromatic heterocycles. The molecule has 0 aliphatic carbocycles. The topological polar surface area (TPSA) is 64.6 Å². The Morgan fingerprint density at radius 2 is 0.815 bits per heavy atom. The maximum absolute atomic E-state index is 5.88.